The van der Waals surface area contributed by atoms with Gasteiger partial charge in [0.05, 0.1) is 0 Å². The zero-order valence-corrected chi connectivity index (χ0v) is 13.2. The average molecular weight is 301 g/mol. The highest BCUT2D eigenvalue weighted by Crippen LogP contribution is 2.28. The summed E-state index contributed by atoms with van der Waals surface area (Å²) in [7, 11) is 0. The number of pyridine rings is 1. The molecule has 110 valence electrons. The topological polar surface area (TPSA) is 46.1 Å². The van der Waals surface area contributed by atoms with Crippen LogP contribution in [0.2, 0.25) is 0 Å². The second-order valence-electron chi connectivity index (χ2n) is 5.55. The summed E-state index contributed by atoms with van der Waals surface area (Å²) in [4.78, 5) is 23.6. The lowest BCUT2D eigenvalue weighted by molar-refractivity contribution is -0.130. The first kappa shape index (κ1) is 14.2. The molecule has 1 aliphatic heterocycles. The molecule has 3 rings (SSSR count). The third-order valence-electron chi connectivity index (χ3n) is 3.94. The van der Waals surface area contributed by atoms with E-state index in [1.807, 2.05) is 17.3 Å². The SMILES string of the molecule is CC(=O)N1CCC[C@@H](c2ccc(-c3ncc(C)s3)cn2)C1. The van der Waals surface area contributed by atoms with E-state index >= 15 is 0 Å². The molecule has 0 aromatic carbocycles. The van der Waals surface area contributed by atoms with Gasteiger partial charge in [0.25, 0.3) is 0 Å². The Bertz CT molecular complexity index is 635. The van der Waals surface area contributed by atoms with Crippen LogP contribution < -0.4 is 0 Å². The fraction of sp³-hybridized carbons (Fsp3) is 0.438. The van der Waals surface area contributed by atoms with Crippen LogP contribution in [-0.4, -0.2) is 33.9 Å². The van der Waals surface area contributed by atoms with Gasteiger partial charge in [-0.3, -0.25) is 9.78 Å². The van der Waals surface area contributed by atoms with Crippen molar-refractivity contribution in [3.8, 4) is 10.6 Å². The molecule has 1 fully saturated rings. The highest BCUT2D eigenvalue weighted by atomic mass is 32.1. The molecule has 1 saturated heterocycles. The fourth-order valence-electron chi connectivity index (χ4n) is 2.77. The maximum absolute atomic E-state index is 11.5. The quantitative estimate of drug-likeness (QED) is 0.855. The van der Waals surface area contributed by atoms with E-state index in [2.05, 4.69) is 29.0 Å². The molecule has 1 atom stereocenters. The Morgan fingerprint density at radius 3 is 2.81 bits per heavy atom. The van der Waals surface area contributed by atoms with Gasteiger partial charge in [-0.15, -0.1) is 11.3 Å². The number of piperidine rings is 1. The number of hydrogen-bond donors (Lipinski definition) is 0. The Labute approximate surface area is 128 Å². The van der Waals surface area contributed by atoms with Gasteiger partial charge in [0.2, 0.25) is 5.91 Å². The Morgan fingerprint density at radius 1 is 1.33 bits per heavy atom. The van der Waals surface area contributed by atoms with E-state index < -0.39 is 0 Å². The van der Waals surface area contributed by atoms with Crippen LogP contribution in [0.1, 0.15) is 36.3 Å². The summed E-state index contributed by atoms with van der Waals surface area (Å²) in [6, 6.07) is 4.17. The van der Waals surface area contributed by atoms with Crippen molar-refractivity contribution >= 4 is 17.2 Å². The molecule has 3 heterocycles. The second-order valence-corrected chi connectivity index (χ2v) is 6.79. The van der Waals surface area contributed by atoms with Crippen molar-refractivity contribution in [2.75, 3.05) is 13.1 Å². The highest BCUT2D eigenvalue weighted by molar-refractivity contribution is 7.14. The van der Waals surface area contributed by atoms with Gasteiger partial charge in [0.15, 0.2) is 0 Å². The molecular formula is C16H19N3OS. The Kier molecular flexibility index (Phi) is 4.01. The van der Waals surface area contributed by atoms with Crippen molar-refractivity contribution in [1.82, 2.24) is 14.9 Å². The number of amides is 1. The van der Waals surface area contributed by atoms with Crippen LogP contribution in [0, 0.1) is 6.92 Å². The number of rotatable bonds is 2. The summed E-state index contributed by atoms with van der Waals surface area (Å²) in [5.74, 6) is 0.518. The maximum Gasteiger partial charge on any atom is 0.219 e. The summed E-state index contributed by atoms with van der Waals surface area (Å²) in [6.45, 7) is 5.37. The molecular weight excluding hydrogens is 282 g/mol. The summed E-state index contributed by atoms with van der Waals surface area (Å²) in [5, 5.41) is 1.01. The molecule has 0 aliphatic carbocycles. The first-order valence-corrected chi connectivity index (χ1v) is 8.09. The van der Waals surface area contributed by atoms with E-state index in [-0.39, 0.29) is 5.91 Å². The number of carbonyl (C=O) groups is 1. The highest BCUT2D eigenvalue weighted by Gasteiger charge is 2.23. The molecule has 2 aromatic rings. The van der Waals surface area contributed by atoms with Crippen LogP contribution in [0.15, 0.2) is 24.5 Å². The van der Waals surface area contributed by atoms with E-state index in [1.54, 1.807) is 18.3 Å². The van der Waals surface area contributed by atoms with Crippen LogP contribution in [0.25, 0.3) is 10.6 Å². The Hall–Kier alpha value is -1.75. The normalized spacial score (nSPS) is 18.8. The van der Waals surface area contributed by atoms with Crippen molar-refractivity contribution in [1.29, 1.82) is 0 Å². The van der Waals surface area contributed by atoms with Crippen LogP contribution in [0.3, 0.4) is 0 Å². The predicted molar refractivity (Wildman–Crippen MR) is 84.3 cm³/mol. The molecule has 0 radical (unpaired) electrons. The molecule has 0 spiro atoms. The van der Waals surface area contributed by atoms with E-state index in [0.717, 1.165) is 42.2 Å². The van der Waals surface area contributed by atoms with Crippen LogP contribution >= 0.6 is 11.3 Å². The van der Waals surface area contributed by atoms with Gasteiger partial charge in [-0.05, 0) is 31.9 Å². The van der Waals surface area contributed by atoms with E-state index in [0.29, 0.717) is 5.92 Å². The fourth-order valence-corrected chi connectivity index (χ4v) is 3.52. The van der Waals surface area contributed by atoms with Crippen LogP contribution in [-0.2, 0) is 4.79 Å². The first-order chi connectivity index (χ1) is 10.1. The van der Waals surface area contributed by atoms with Gasteiger partial charge < -0.3 is 4.90 Å². The largest absolute Gasteiger partial charge is 0.342 e. The smallest absolute Gasteiger partial charge is 0.219 e. The lowest BCUT2D eigenvalue weighted by Crippen LogP contribution is -2.37. The number of aryl methyl sites for hydroxylation is 1. The summed E-state index contributed by atoms with van der Waals surface area (Å²) in [5.41, 5.74) is 2.15. The molecule has 0 unspecified atom stereocenters. The van der Waals surface area contributed by atoms with Gasteiger partial charge >= 0.3 is 0 Å². The monoisotopic (exact) mass is 301 g/mol. The van der Waals surface area contributed by atoms with Gasteiger partial charge in [-0.2, -0.15) is 0 Å². The van der Waals surface area contributed by atoms with E-state index in [1.165, 1.54) is 4.88 Å². The Morgan fingerprint density at radius 2 is 2.19 bits per heavy atom. The van der Waals surface area contributed by atoms with Gasteiger partial charge in [0.1, 0.15) is 5.01 Å². The summed E-state index contributed by atoms with van der Waals surface area (Å²) < 4.78 is 0. The zero-order valence-electron chi connectivity index (χ0n) is 12.4. The van der Waals surface area contributed by atoms with Crippen LogP contribution in [0.4, 0.5) is 0 Å². The van der Waals surface area contributed by atoms with E-state index in [4.69, 9.17) is 0 Å². The number of thiazole rings is 1. The molecule has 4 nitrogen and oxygen atoms in total. The summed E-state index contributed by atoms with van der Waals surface area (Å²) in [6.07, 6.45) is 5.95. The standard InChI is InChI=1S/C16H19N3OS/c1-11-8-18-16(21-11)13-5-6-15(17-9-13)14-4-3-7-19(10-14)12(2)20/h5-6,8-9,14H,3-4,7,10H2,1-2H3/t14-/m1/s1. The van der Waals surface area contributed by atoms with Crippen molar-refractivity contribution in [2.45, 2.75) is 32.6 Å². The molecule has 21 heavy (non-hydrogen) atoms. The third-order valence-corrected chi connectivity index (χ3v) is 4.90. The molecule has 0 bridgehead atoms. The number of likely N-dealkylation sites (tertiary alicyclic amines) is 1. The van der Waals surface area contributed by atoms with E-state index in [9.17, 15) is 4.79 Å². The Balaban J connectivity index is 1.76. The van der Waals surface area contributed by atoms with Crippen molar-refractivity contribution in [3.05, 3.63) is 35.1 Å². The molecule has 2 aromatic heterocycles. The lowest BCUT2D eigenvalue weighted by Gasteiger charge is -2.31. The lowest BCUT2D eigenvalue weighted by atomic mass is 9.94. The second kappa shape index (κ2) is 5.93. The first-order valence-electron chi connectivity index (χ1n) is 7.28. The number of nitrogens with zero attached hydrogens (tertiary/aromatic N) is 3. The maximum atomic E-state index is 11.5. The van der Waals surface area contributed by atoms with Crippen molar-refractivity contribution in [3.63, 3.8) is 0 Å². The molecule has 0 saturated carbocycles. The summed E-state index contributed by atoms with van der Waals surface area (Å²) >= 11 is 1.68. The molecule has 5 heteroatoms. The average Bonchev–Trinajstić information content (AvgIpc) is 2.94. The predicted octanol–water partition coefficient (Wildman–Crippen LogP) is 3.24. The van der Waals surface area contributed by atoms with Crippen LogP contribution in [0.5, 0.6) is 0 Å². The molecule has 0 N–H and O–H groups in total. The van der Waals surface area contributed by atoms with Gasteiger partial charge in [0, 0.05) is 54.5 Å². The van der Waals surface area contributed by atoms with Crippen molar-refractivity contribution in [2.24, 2.45) is 0 Å². The molecule has 1 amide bonds. The van der Waals surface area contributed by atoms with Gasteiger partial charge in [-0.1, -0.05) is 0 Å². The zero-order chi connectivity index (χ0) is 14.8. The number of hydrogen-bond acceptors (Lipinski definition) is 4. The van der Waals surface area contributed by atoms with Crippen molar-refractivity contribution < 1.29 is 4.79 Å². The van der Waals surface area contributed by atoms with Gasteiger partial charge in [-0.25, -0.2) is 4.98 Å². The number of carbonyl (C=O) groups excluding carboxylic acids is 1. The minimum Gasteiger partial charge on any atom is -0.342 e. The molecule has 1 aliphatic rings. The number of aromatic nitrogens is 2. The minimum atomic E-state index is 0.162. The minimum absolute atomic E-state index is 0.162. The third kappa shape index (κ3) is 3.13.